The van der Waals surface area contributed by atoms with E-state index in [2.05, 4.69) is 41.4 Å². The fourth-order valence-electron chi connectivity index (χ4n) is 3.28. The van der Waals surface area contributed by atoms with E-state index in [9.17, 15) is 4.79 Å². The molecule has 0 fully saturated rings. The predicted molar refractivity (Wildman–Crippen MR) is 120 cm³/mol. The second-order valence-corrected chi connectivity index (χ2v) is 7.51. The first kappa shape index (κ1) is 19.6. The summed E-state index contributed by atoms with van der Waals surface area (Å²) in [5, 5.41) is 7.52. The van der Waals surface area contributed by atoms with Crippen molar-refractivity contribution in [1.82, 2.24) is 14.8 Å². The molecule has 1 aromatic heterocycles. The van der Waals surface area contributed by atoms with Gasteiger partial charge in [0.2, 0.25) is 5.82 Å². The lowest BCUT2D eigenvalue weighted by Crippen LogP contribution is -2.15. The monoisotopic (exact) mass is 396 g/mol. The number of nitrogens with zero attached hydrogens (tertiary/aromatic N) is 3. The van der Waals surface area contributed by atoms with Crippen LogP contribution in [-0.4, -0.2) is 20.7 Å². The van der Waals surface area contributed by atoms with Crippen molar-refractivity contribution in [2.45, 2.75) is 27.7 Å². The molecule has 1 heterocycles. The Balaban J connectivity index is 1.78. The SMILES string of the molecule is Cc1ccc(-n2nc(C(=O)Nc3cccc(C)c3C)nc2-c2ccccc2)cc1C. The second kappa shape index (κ2) is 7.95. The molecule has 0 saturated heterocycles. The Bertz CT molecular complexity index is 1230. The summed E-state index contributed by atoms with van der Waals surface area (Å²) in [5.74, 6) is 0.432. The number of aromatic nitrogens is 3. The molecular formula is C25H24N4O. The van der Waals surface area contributed by atoms with Crippen LogP contribution in [0.4, 0.5) is 5.69 Å². The van der Waals surface area contributed by atoms with Crippen molar-refractivity contribution in [3.05, 3.63) is 94.8 Å². The van der Waals surface area contributed by atoms with Gasteiger partial charge in [0.25, 0.3) is 5.91 Å². The number of carbonyl (C=O) groups is 1. The molecule has 0 atom stereocenters. The van der Waals surface area contributed by atoms with E-state index in [0.29, 0.717) is 5.82 Å². The molecule has 4 rings (SSSR count). The molecule has 0 bridgehead atoms. The molecule has 5 heteroatoms. The molecular weight excluding hydrogens is 372 g/mol. The summed E-state index contributed by atoms with van der Waals surface area (Å²) in [5.41, 5.74) is 7.04. The van der Waals surface area contributed by atoms with Gasteiger partial charge in [0, 0.05) is 11.3 Å². The van der Waals surface area contributed by atoms with Crippen molar-refractivity contribution in [2.75, 3.05) is 5.32 Å². The van der Waals surface area contributed by atoms with Crippen molar-refractivity contribution in [3.8, 4) is 17.1 Å². The summed E-state index contributed by atoms with van der Waals surface area (Å²) < 4.78 is 1.74. The number of amides is 1. The molecule has 30 heavy (non-hydrogen) atoms. The third-order valence-corrected chi connectivity index (χ3v) is 5.43. The van der Waals surface area contributed by atoms with Gasteiger partial charge in [0.15, 0.2) is 5.82 Å². The fraction of sp³-hybridized carbons (Fsp3) is 0.160. The zero-order valence-corrected chi connectivity index (χ0v) is 17.6. The molecule has 3 aromatic carbocycles. The van der Waals surface area contributed by atoms with Crippen LogP contribution in [0.25, 0.3) is 17.1 Å². The fourth-order valence-corrected chi connectivity index (χ4v) is 3.28. The predicted octanol–water partition coefficient (Wildman–Crippen LogP) is 5.42. The Morgan fingerprint density at radius 3 is 2.33 bits per heavy atom. The summed E-state index contributed by atoms with van der Waals surface area (Å²) in [7, 11) is 0. The quantitative estimate of drug-likeness (QED) is 0.501. The van der Waals surface area contributed by atoms with E-state index >= 15 is 0 Å². The van der Waals surface area contributed by atoms with Crippen molar-refractivity contribution in [1.29, 1.82) is 0 Å². The zero-order chi connectivity index (χ0) is 21.3. The van der Waals surface area contributed by atoms with Crippen LogP contribution in [0.15, 0.2) is 66.7 Å². The first-order valence-electron chi connectivity index (χ1n) is 9.91. The van der Waals surface area contributed by atoms with Crippen molar-refractivity contribution >= 4 is 11.6 Å². The van der Waals surface area contributed by atoms with Gasteiger partial charge in [-0.2, -0.15) is 0 Å². The number of hydrogen-bond donors (Lipinski definition) is 1. The largest absolute Gasteiger partial charge is 0.319 e. The highest BCUT2D eigenvalue weighted by Gasteiger charge is 2.19. The number of aryl methyl sites for hydroxylation is 3. The molecule has 1 N–H and O–H groups in total. The van der Waals surface area contributed by atoms with Crippen LogP contribution in [0.1, 0.15) is 32.9 Å². The van der Waals surface area contributed by atoms with Gasteiger partial charge in [-0.05, 0) is 68.1 Å². The van der Waals surface area contributed by atoms with E-state index in [4.69, 9.17) is 0 Å². The maximum Gasteiger partial charge on any atom is 0.295 e. The molecule has 0 saturated carbocycles. The number of carbonyl (C=O) groups excluding carboxylic acids is 1. The molecule has 5 nitrogen and oxygen atoms in total. The minimum absolute atomic E-state index is 0.132. The summed E-state index contributed by atoms with van der Waals surface area (Å²) in [6.45, 7) is 8.14. The van der Waals surface area contributed by atoms with Gasteiger partial charge >= 0.3 is 0 Å². The molecule has 0 unspecified atom stereocenters. The highest BCUT2D eigenvalue weighted by Crippen LogP contribution is 2.24. The van der Waals surface area contributed by atoms with E-state index in [1.165, 1.54) is 5.56 Å². The number of anilines is 1. The third-order valence-electron chi connectivity index (χ3n) is 5.43. The lowest BCUT2D eigenvalue weighted by atomic mass is 10.1. The number of hydrogen-bond acceptors (Lipinski definition) is 3. The molecule has 0 aliphatic rings. The van der Waals surface area contributed by atoms with Crippen molar-refractivity contribution in [2.24, 2.45) is 0 Å². The Morgan fingerprint density at radius 2 is 1.60 bits per heavy atom. The third kappa shape index (κ3) is 3.74. The van der Waals surface area contributed by atoms with Gasteiger partial charge in [-0.15, -0.1) is 5.10 Å². The molecule has 0 aliphatic heterocycles. The lowest BCUT2D eigenvalue weighted by molar-refractivity contribution is 0.101. The Labute approximate surface area is 176 Å². The summed E-state index contributed by atoms with van der Waals surface area (Å²) in [6, 6.07) is 21.7. The van der Waals surface area contributed by atoms with Crippen molar-refractivity contribution in [3.63, 3.8) is 0 Å². The van der Waals surface area contributed by atoms with E-state index in [-0.39, 0.29) is 11.7 Å². The lowest BCUT2D eigenvalue weighted by Gasteiger charge is -2.09. The van der Waals surface area contributed by atoms with Crippen LogP contribution in [0.5, 0.6) is 0 Å². The van der Waals surface area contributed by atoms with Gasteiger partial charge < -0.3 is 5.32 Å². The van der Waals surface area contributed by atoms with E-state index < -0.39 is 0 Å². The minimum atomic E-state index is -0.330. The molecule has 0 spiro atoms. The molecule has 0 radical (unpaired) electrons. The zero-order valence-electron chi connectivity index (χ0n) is 17.6. The maximum atomic E-state index is 13.0. The van der Waals surface area contributed by atoms with Crippen LogP contribution < -0.4 is 5.32 Å². The van der Waals surface area contributed by atoms with Crippen molar-refractivity contribution < 1.29 is 4.79 Å². The number of nitrogens with one attached hydrogen (secondary N) is 1. The molecule has 4 aromatic rings. The summed E-state index contributed by atoms with van der Waals surface area (Å²) in [4.78, 5) is 17.6. The number of benzene rings is 3. The Morgan fingerprint density at radius 1 is 0.833 bits per heavy atom. The molecule has 150 valence electrons. The van der Waals surface area contributed by atoms with Gasteiger partial charge in [-0.1, -0.05) is 48.5 Å². The Kier molecular flexibility index (Phi) is 5.19. The van der Waals surface area contributed by atoms with Gasteiger partial charge in [-0.25, -0.2) is 9.67 Å². The number of rotatable bonds is 4. The van der Waals surface area contributed by atoms with Crippen LogP contribution in [0.2, 0.25) is 0 Å². The smallest absolute Gasteiger partial charge is 0.295 e. The highest BCUT2D eigenvalue weighted by molar-refractivity contribution is 6.02. The summed E-state index contributed by atoms with van der Waals surface area (Å²) in [6.07, 6.45) is 0. The Hall–Kier alpha value is -3.73. The average molecular weight is 396 g/mol. The van der Waals surface area contributed by atoms with E-state index in [0.717, 1.165) is 33.6 Å². The topological polar surface area (TPSA) is 59.8 Å². The highest BCUT2D eigenvalue weighted by atomic mass is 16.2. The normalized spacial score (nSPS) is 10.8. The van der Waals surface area contributed by atoms with Gasteiger partial charge in [-0.3, -0.25) is 4.79 Å². The first-order valence-corrected chi connectivity index (χ1v) is 9.91. The van der Waals surface area contributed by atoms with Crippen LogP contribution in [0.3, 0.4) is 0 Å². The summed E-state index contributed by atoms with van der Waals surface area (Å²) >= 11 is 0. The molecule has 0 aliphatic carbocycles. The van der Waals surface area contributed by atoms with E-state index in [1.807, 2.05) is 68.4 Å². The maximum absolute atomic E-state index is 13.0. The molecule has 1 amide bonds. The standard InChI is InChI=1S/C25H24N4O/c1-16-13-14-21(15-18(16)3)29-24(20-10-6-5-7-11-20)27-23(28-29)25(30)26-22-12-8-9-17(2)19(22)4/h5-15H,1-4H3,(H,26,30). The van der Waals surface area contributed by atoms with Crippen LogP contribution in [0, 0.1) is 27.7 Å². The minimum Gasteiger partial charge on any atom is -0.319 e. The van der Waals surface area contributed by atoms with Crippen LogP contribution in [-0.2, 0) is 0 Å². The van der Waals surface area contributed by atoms with Crippen LogP contribution >= 0.6 is 0 Å². The average Bonchev–Trinajstić information content (AvgIpc) is 3.20. The van der Waals surface area contributed by atoms with Gasteiger partial charge in [0.1, 0.15) is 0 Å². The van der Waals surface area contributed by atoms with E-state index in [1.54, 1.807) is 4.68 Å². The van der Waals surface area contributed by atoms with Gasteiger partial charge in [0.05, 0.1) is 5.69 Å². The first-order chi connectivity index (χ1) is 14.4. The second-order valence-electron chi connectivity index (χ2n) is 7.51.